The summed E-state index contributed by atoms with van der Waals surface area (Å²) in [5.74, 6) is -1.64. The lowest BCUT2D eigenvalue weighted by molar-refractivity contribution is -0.147. The SMILES string of the molecule is Cc1ccc(CNC(=O)C(C)CN2CCN(c3ccccc3)C(=O)C2=O)cc1. The molecule has 1 heterocycles. The molecule has 2 aromatic rings. The van der Waals surface area contributed by atoms with Gasteiger partial charge in [-0.3, -0.25) is 14.4 Å². The van der Waals surface area contributed by atoms with E-state index in [1.165, 1.54) is 15.4 Å². The van der Waals surface area contributed by atoms with E-state index in [0.29, 0.717) is 25.3 Å². The van der Waals surface area contributed by atoms with Crippen molar-refractivity contribution in [2.45, 2.75) is 20.4 Å². The molecule has 0 aliphatic carbocycles. The van der Waals surface area contributed by atoms with Gasteiger partial charge in [-0.2, -0.15) is 0 Å². The highest BCUT2D eigenvalue weighted by Crippen LogP contribution is 2.18. The average Bonchev–Trinajstić information content (AvgIpc) is 2.71. The van der Waals surface area contributed by atoms with Crippen molar-refractivity contribution < 1.29 is 14.4 Å². The van der Waals surface area contributed by atoms with Gasteiger partial charge in [0.05, 0.1) is 5.92 Å². The summed E-state index contributed by atoms with van der Waals surface area (Å²) in [6.07, 6.45) is 0. The number of anilines is 1. The predicted octanol–water partition coefficient (Wildman–Crippen LogP) is 2.12. The summed E-state index contributed by atoms with van der Waals surface area (Å²) in [7, 11) is 0. The van der Waals surface area contributed by atoms with E-state index in [0.717, 1.165) is 5.56 Å². The molecule has 146 valence electrons. The van der Waals surface area contributed by atoms with Crippen LogP contribution in [0.15, 0.2) is 54.6 Å². The van der Waals surface area contributed by atoms with Gasteiger partial charge in [0.15, 0.2) is 0 Å². The predicted molar refractivity (Wildman–Crippen MR) is 108 cm³/mol. The largest absolute Gasteiger partial charge is 0.352 e. The zero-order valence-corrected chi connectivity index (χ0v) is 16.2. The monoisotopic (exact) mass is 379 g/mol. The van der Waals surface area contributed by atoms with Gasteiger partial charge >= 0.3 is 11.8 Å². The molecule has 1 atom stereocenters. The van der Waals surface area contributed by atoms with Crippen molar-refractivity contribution in [3.63, 3.8) is 0 Å². The van der Waals surface area contributed by atoms with E-state index in [1.54, 1.807) is 6.92 Å². The topological polar surface area (TPSA) is 69.7 Å². The lowest BCUT2D eigenvalue weighted by atomic mass is 10.1. The lowest BCUT2D eigenvalue weighted by Crippen LogP contribution is -2.56. The minimum absolute atomic E-state index is 0.133. The van der Waals surface area contributed by atoms with Crippen LogP contribution < -0.4 is 10.2 Å². The first-order valence-corrected chi connectivity index (χ1v) is 9.45. The number of hydrogen-bond acceptors (Lipinski definition) is 3. The Kier molecular flexibility index (Phi) is 6.09. The van der Waals surface area contributed by atoms with E-state index in [4.69, 9.17) is 0 Å². The Hall–Kier alpha value is -3.15. The highest BCUT2D eigenvalue weighted by molar-refractivity contribution is 6.41. The number of carbonyl (C=O) groups excluding carboxylic acids is 3. The van der Waals surface area contributed by atoms with Crippen LogP contribution in [0.5, 0.6) is 0 Å². The van der Waals surface area contributed by atoms with E-state index in [9.17, 15) is 14.4 Å². The third-order valence-corrected chi connectivity index (χ3v) is 4.91. The number of carbonyl (C=O) groups is 3. The van der Waals surface area contributed by atoms with Crippen LogP contribution in [0.4, 0.5) is 5.69 Å². The van der Waals surface area contributed by atoms with Crippen molar-refractivity contribution in [1.82, 2.24) is 10.2 Å². The van der Waals surface area contributed by atoms with Gasteiger partial charge in [-0.05, 0) is 24.6 Å². The molecule has 0 aromatic heterocycles. The summed E-state index contributed by atoms with van der Waals surface area (Å²) >= 11 is 0. The molecule has 0 saturated carbocycles. The number of amides is 3. The Labute approximate surface area is 165 Å². The number of rotatable bonds is 6. The average molecular weight is 379 g/mol. The van der Waals surface area contributed by atoms with Crippen LogP contribution >= 0.6 is 0 Å². The van der Waals surface area contributed by atoms with Crippen molar-refractivity contribution in [2.75, 3.05) is 24.5 Å². The maximum absolute atomic E-state index is 12.5. The molecule has 6 heteroatoms. The fourth-order valence-electron chi connectivity index (χ4n) is 3.19. The second kappa shape index (κ2) is 8.69. The number of para-hydroxylation sites is 1. The van der Waals surface area contributed by atoms with Crippen LogP contribution in [0.2, 0.25) is 0 Å². The Balaban J connectivity index is 1.53. The Bertz CT molecular complexity index is 849. The van der Waals surface area contributed by atoms with Gasteiger partial charge in [0.1, 0.15) is 0 Å². The first-order valence-electron chi connectivity index (χ1n) is 9.45. The van der Waals surface area contributed by atoms with Crippen LogP contribution in [0.1, 0.15) is 18.1 Å². The maximum atomic E-state index is 12.5. The summed E-state index contributed by atoms with van der Waals surface area (Å²) in [4.78, 5) is 40.3. The summed E-state index contributed by atoms with van der Waals surface area (Å²) in [6, 6.07) is 17.1. The normalized spacial score (nSPS) is 15.5. The lowest BCUT2D eigenvalue weighted by Gasteiger charge is -2.34. The Morgan fingerprint density at radius 1 is 1.00 bits per heavy atom. The van der Waals surface area contributed by atoms with Crippen LogP contribution in [0, 0.1) is 12.8 Å². The van der Waals surface area contributed by atoms with Crippen LogP contribution in [0.25, 0.3) is 0 Å². The van der Waals surface area contributed by atoms with E-state index in [1.807, 2.05) is 61.5 Å². The minimum Gasteiger partial charge on any atom is -0.352 e. The molecule has 3 rings (SSSR count). The standard InChI is InChI=1S/C22H25N3O3/c1-16-8-10-18(11-9-16)14-23-20(26)17(2)15-24-12-13-25(22(28)21(24)27)19-6-4-3-5-7-19/h3-11,17H,12-15H2,1-2H3,(H,23,26). The Morgan fingerprint density at radius 2 is 1.68 bits per heavy atom. The molecule has 1 unspecified atom stereocenters. The highest BCUT2D eigenvalue weighted by atomic mass is 16.2. The van der Waals surface area contributed by atoms with Crippen molar-refractivity contribution >= 4 is 23.4 Å². The van der Waals surface area contributed by atoms with Gasteiger partial charge in [-0.25, -0.2) is 0 Å². The molecule has 0 spiro atoms. The zero-order chi connectivity index (χ0) is 20.1. The minimum atomic E-state index is -0.562. The first-order chi connectivity index (χ1) is 13.5. The molecular formula is C22H25N3O3. The van der Waals surface area contributed by atoms with Crippen LogP contribution in [-0.4, -0.2) is 42.3 Å². The van der Waals surface area contributed by atoms with Crippen molar-refractivity contribution in [2.24, 2.45) is 5.92 Å². The third kappa shape index (κ3) is 4.57. The molecule has 1 aliphatic heterocycles. The molecule has 0 bridgehead atoms. The third-order valence-electron chi connectivity index (χ3n) is 4.91. The quantitative estimate of drug-likeness (QED) is 0.782. The molecule has 1 aliphatic rings. The van der Waals surface area contributed by atoms with Crippen LogP contribution in [-0.2, 0) is 20.9 Å². The van der Waals surface area contributed by atoms with Crippen molar-refractivity contribution in [1.29, 1.82) is 0 Å². The second-order valence-electron chi connectivity index (χ2n) is 7.15. The smallest absolute Gasteiger partial charge is 0.316 e. The Morgan fingerprint density at radius 3 is 2.36 bits per heavy atom. The number of piperazine rings is 1. The second-order valence-corrected chi connectivity index (χ2v) is 7.15. The number of nitrogens with one attached hydrogen (secondary N) is 1. The van der Waals surface area contributed by atoms with Crippen molar-refractivity contribution in [3.05, 3.63) is 65.7 Å². The van der Waals surface area contributed by atoms with E-state index >= 15 is 0 Å². The summed E-state index contributed by atoms with van der Waals surface area (Å²) in [6.45, 7) is 5.29. The summed E-state index contributed by atoms with van der Waals surface area (Å²) in [5.41, 5.74) is 2.90. The van der Waals surface area contributed by atoms with E-state index < -0.39 is 17.7 Å². The molecular weight excluding hydrogens is 354 g/mol. The van der Waals surface area contributed by atoms with Gasteiger partial charge < -0.3 is 15.1 Å². The molecule has 1 fully saturated rings. The molecule has 2 aromatic carbocycles. The number of hydrogen-bond donors (Lipinski definition) is 1. The molecule has 1 N–H and O–H groups in total. The molecule has 0 radical (unpaired) electrons. The van der Waals surface area contributed by atoms with Crippen LogP contribution in [0.3, 0.4) is 0 Å². The summed E-state index contributed by atoms with van der Waals surface area (Å²) in [5, 5.41) is 2.90. The van der Waals surface area contributed by atoms with Crippen molar-refractivity contribution in [3.8, 4) is 0 Å². The first kappa shape index (κ1) is 19.6. The highest BCUT2D eigenvalue weighted by Gasteiger charge is 2.34. The number of nitrogens with zero attached hydrogens (tertiary/aromatic N) is 2. The molecule has 6 nitrogen and oxygen atoms in total. The van der Waals surface area contributed by atoms with Gasteiger partial charge in [0.2, 0.25) is 5.91 Å². The fourth-order valence-corrected chi connectivity index (χ4v) is 3.19. The molecule has 1 saturated heterocycles. The zero-order valence-electron chi connectivity index (χ0n) is 16.2. The maximum Gasteiger partial charge on any atom is 0.316 e. The number of aryl methyl sites for hydroxylation is 1. The van der Waals surface area contributed by atoms with E-state index in [2.05, 4.69) is 5.32 Å². The fraction of sp³-hybridized carbons (Fsp3) is 0.318. The molecule has 28 heavy (non-hydrogen) atoms. The van der Waals surface area contributed by atoms with Gasteiger partial charge in [0.25, 0.3) is 0 Å². The van der Waals surface area contributed by atoms with Gasteiger partial charge in [-0.1, -0.05) is 55.0 Å². The van der Waals surface area contributed by atoms with E-state index in [-0.39, 0.29) is 12.5 Å². The number of benzene rings is 2. The van der Waals surface area contributed by atoms with Gasteiger partial charge in [-0.15, -0.1) is 0 Å². The molecule has 3 amide bonds. The summed E-state index contributed by atoms with van der Waals surface area (Å²) < 4.78 is 0. The van der Waals surface area contributed by atoms with Gasteiger partial charge in [0, 0.05) is 31.9 Å².